The first-order valence-corrected chi connectivity index (χ1v) is 10.8. The van der Waals surface area contributed by atoms with Crippen LogP contribution >= 0.6 is 23.2 Å². The van der Waals surface area contributed by atoms with E-state index in [0.717, 1.165) is 4.68 Å². The number of carbonyl (C=O) groups excluding carboxylic acids is 2. The number of nitrogens with zero attached hydrogens (tertiary/aromatic N) is 3. The normalized spacial score (nSPS) is 11.5. The van der Waals surface area contributed by atoms with Crippen molar-refractivity contribution in [1.82, 2.24) is 20.1 Å². The molecule has 2 aromatic heterocycles. The number of esters is 1. The van der Waals surface area contributed by atoms with Crippen LogP contribution in [0, 0.1) is 0 Å². The molecule has 0 saturated heterocycles. The Labute approximate surface area is 195 Å². The van der Waals surface area contributed by atoms with Crippen LogP contribution in [0.3, 0.4) is 0 Å². The van der Waals surface area contributed by atoms with Crippen LogP contribution in [0.4, 0.5) is 4.79 Å². The van der Waals surface area contributed by atoms with Crippen molar-refractivity contribution in [2.24, 2.45) is 0 Å². The fourth-order valence-corrected chi connectivity index (χ4v) is 3.31. The van der Waals surface area contributed by atoms with E-state index in [1.165, 1.54) is 12.4 Å². The minimum absolute atomic E-state index is 0.122. The summed E-state index contributed by atoms with van der Waals surface area (Å²) in [5.41, 5.74) is 0.601. The van der Waals surface area contributed by atoms with Crippen LogP contribution in [0.1, 0.15) is 32.9 Å². The van der Waals surface area contributed by atoms with Crippen LogP contribution in [-0.2, 0) is 16.0 Å². The predicted molar refractivity (Wildman–Crippen MR) is 122 cm³/mol. The number of fused-ring (bicyclic) bond motifs is 1. The number of aromatic nitrogens is 3. The lowest BCUT2D eigenvalue weighted by Crippen LogP contribution is -2.32. The molecule has 0 aliphatic heterocycles. The molecule has 3 aromatic rings. The molecule has 0 unspecified atom stereocenters. The molecule has 0 saturated carbocycles. The highest BCUT2D eigenvalue weighted by molar-refractivity contribution is 6.45. The second kappa shape index (κ2) is 10.3. The third-order valence-electron chi connectivity index (χ3n) is 4.25. The summed E-state index contributed by atoms with van der Waals surface area (Å²) in [5, 5.41) is 8.14. The maximum absolute atomic E-state index is 12.4. The van der Waals surface area contributed by atoms with Gasteiger partial charge in [0.15, 0.2) is 0 Å². The van der Waals surface area contributed by atoms with Gasteiger partial charge in [0, 0.05) is 29.5 Å². The predicted octanol–water partition coefficient (Wildman–Crippen LogP) is 4.65. The van der Waals surface area contributed by atoms with E-state index >= 15 is 0 Å². The summed E-state index contributed by atoms with van der Waals surface area (Å²) in [6, 6.07) is 6.65. The zero-order chi connectivity index (χ0) is 23.3. The fourth-order valence-electron chi connectivity index (χ4n) is 2.95. The van der Waals surface area contributed by atoms with Crippen LogP contribution < -0.4 is 10.1 Å². The Morgan fingerprint density at radius 1 is 1.22 bits per heavy atom. The van der Waals surface area contributed by atoms with Crippen molar-refractivity contribution in [3.63, 3.8) is 0 Å². The van der Waals surface area contributed by atoms with Gasteiger partial charge in [0.05, 0.1) is 22.1 Å². The number of pyridine rings is 1. The van der Waals surface area contributed by atoms with Crippen LogP contribution in [-0.4, -0.2) is 45.5 Å². The highest BCUT2D eigenvalue weighted by Crippen LogP contribution is 2.35. The molecule has 0 spiro atoms. The smallest absolute Gasteiger partial charge is 0.440 e. The Bertz CT molecular complexity index is 1110. The van der Waals surface area contributed by atoms with Gasteiger partial charge < -0.3 is 14.8 Å². The molecule has 0 atom stereocenters. The summed E-state index contributed by atoms with van der Waals surface area (Å²) in [6.45, 7) is 6.17. The van der Waals surface area contributed by atoms with Gasteiger partial charge in [0.25, 0.3) is 0 Å². The van der Waals surface area contributed by atoms with Crippen molar-refractivity contribution >= 4 is 46.2 Å². The molecular formula is C22H24Cl2N4O4. The third-order valence-corrected chi connectivity index (χ3v) is 5.05. The van der Waals surface area contributed by atoms with Crippen molar-refractivity contribution in [2.45, 2.75) is 39.2 Å². The first-order chi connectivity index (χ1) is 15.1. The van der Waals surface area contributed by atoms with Crippen molar-refractivity contribution in [3.8, 4) is 5.75 Å². The third kappa shape index (κ3) is 6.41. The lowest BCUT2D eigenvalue weighted by atomic mass is 10.1. The van der Waals surface area contributed by atoms with E-state index in [1.807, 2.05) is 20.8 Å². The minimum atomic E-state index is -0.654. The van der Waals surface area contributed by atoms with Gasteiger partial charge in [-0.15, -0.1) is 0 Å². The Balaban J connectivity index is 1.70. The van der Waals surface area contributed by atoms with Gasteiger partial charge in [0.1, 0.15) is 11.4 Å². The van der Waals surface area contributed by atoms with Crippen LogP contribution in [0.5, 0.6) is 5.75 Å². The van der Waals surface area contributed by atoms with E-state index in [-0.39, 0.29) is 17.5 Å². The average molecular weight is 479 g/mol. The maximum Gasteiger partial charge on any atom is 0.440 e. The van der Waals surface area contributed by atoms with Crippen molar-refractivity contribution in [3.05, 3.63) is 52.4 Å². The standard InChI is InChI=1S/C22H24Cl2N4O4/c1-22(2,3)32-18(29)13-25-9-4-6-14-12-17(31-21(30)28-11-5-10-26-28)15-7-8-16(23)19(24)20(15)27-14/h5,7-8,10-12,25H,4,6,9,13H2,1-3H3. The molecular weight excluding hydrogens is 455 g/mol. The monoisotopic (exact) mass is 478 g/mol. The number of hydrogen-bond donors (Lipinski definition) is 1. The molecule has 1 N–H and O–H groups in total. The Morgan fingerprint density at radius 3 is 2.69 bits per heavy atom. The van der Waals surface area contributed by atoms with Gasteiger partial charge in [-0.25, -0.2) is 4.79 Å². The Morgan fingerprint density at radius 2 is 2.00 bits per heavy atom. The Hall–Kier alpha value is -2.68. The van der Waals surface area contributed by atoms with Gasteiger partial charge in [-0.2, -0.15) is 9.78 Å². The number of ether oxygens (including phenoxy) is 2. The van der Waals surface area contributed by atoms with Crippen LogP contribution in [0.15, 0.2) is 36.7 Å². The topological polar surface area (TPSA) is 95.3 Å². The van der Waals surface area contributed by atoms with E-state index in [2.05, 4.69) is 15.4 Å². The fraction of sp³-hybridized carbons (Fsp3) is 0.364. The van der Waals surface area contributed by atoms with E-state index < -0.39 is 11.7 Å². The quantitative estimate of drug-likeness (QED) is 0.389. The molecule has 2 heterocycles. The number of aryl methyl sites for hydroxylation is 1. The summed E-state index contributed by atoms with van der Waals surface area (Å²) in [5.74, 6) is 0.00125. The van der Waals surface area contributed by atoms with Gasteiger partial charge >= 0.3 is 12.1 Å². The second-order valence-electron chi connectivity index (χ2n) is 8.05. The number of rotatable bonds is 7. The lowest BCUT2D eigenvalue weighted by Gasteiger charge is -2.19. The zero-order valence-electron chi connectivity index (χ0n) is 18.0. The van der Waals surface area contributed by atoms with Crippen LogP contribution in [0.2, 0.25) is 10.0 Å². The molecule has 170 valence electrons. The summed E-state index contributed by atoms with van der Waals surface area (Å²) < 4.78 is 11.9. The van der Waals surface area contributed by atoms with Gasteiger partial charge in [-0.05, 0) is 58.4 Å². The number of carbonyl (C=O) groups is 2. The molecule has 1 aromatic carbocycles. The molecule has 8 nitrogen and oxygen atoms in total. The van der Waals surface area contributed by atoms with Crippen molar-refractivity contribution < 1.29 is 19.1 Å². The molecule has 3 rings (SSSR count). The molecule has 0 fully saturated rings. The van der Waals surface area contributed by atoms with E-state index in [9.17, 15) is 9.59 Å². The molecule has 0 amide bonds. The SMILES string of the molecule is CC(C)(C)OC(=O)CNCCCc1cc(OC(=O)n2cccn2)c2ccc(Cl)c(Cl)c2n1. The first-order valence-electron chi connectivity index (χ1n) is 10.1. The summed E-state index contributed by atoms with van der Waals surface area (Å²) >= 11 is 12.5. The average Bonchev–Trinajstić information content (AvgIpc) is 3.24. The molecule has 0 bridgehead atoms. The number of benzene rings is 1. The summed E-state index contributed by atoms with van der Waals surface area (Å²) in [6.07, 6.45) is 3.57. The molecule has 10 heteroatoms. The van der Waals surface area contributed by atoms with Crippen molar-refractivity contribution in [1.29, 1.82) is 0 Å². The summed E-state index contributed by atoms with van der Waals surface area (Å²) in [7, 11) is 0. The molecule has 0 aliphatic carbocycles. The first kappa shape index (κ1) is 24.0. The summed E-state index contributed by atoms with van der Waals surface area (Å²) in [4.78, 5) is 28.8. The highest BCUT2D eigenvalue weighted by atomic mass is 35.5. The van der Waals surface area contributed by atoms with Gasteiger partial charge in [-0.1, -0.05) is 23.2 Å². The van der Waals surface area contributed by atoms with E-state index in [0.29, 0.717) is 46.8 Å². The number of nitrogens with one attached hydrogen (secondary N) is 1. The van der Waals surface area contributed by atoms with E-state index in [4.69, 9.17) is 32.7 Å². The lowest BCUT2D eigenvalue weighted by molar-refractivity contribution is -0.153. The molecule has 0 radical (unpaired) electrons. The molecule has 32 heavy (non-hydrogen) atoms. The van der Waals surface area contributed by atoms with Crippen molar-refractivity contribution in [2.75, 3.05) is 13.1 Å². The second-order valence-corrected chi connectivity index (χ2v) is 8.84. The number of halogens is 2. The largest absolute Gasteiger partial charge is 0.459 e. The Kier molecular flexibility index (Phi) is 7.71. The minimum Gasteiger partial charge on any atom is -0.459 e. The van der Waals surface area contributed by atoms with Crippen LogP contribution in [0.25, 0.3) is 10.9 Å². The number of hydrogen-bond acceptors (Lipinski definition) is 7. The van der Waals surface area contributed by atoms with Gasteiger partial charge in [0.2, 0.25) is 0 Å². The maximum atomic E-state index is 12.4. The zero-order valence-corrected chi connectivity index (χ0v) is 19.5. The van der Waals surface area contributed by atoms with Gasteiger partial charge in [-0.3, -0.25) is 9.78 Å². The van der Waals surface area contributed by atoms with E-state index in [1.54, 1.807) is 24.3 Å². The molecule has 0 aliphatic rings. The highest BCUT2D eigenvalue weighted by Gasteiger charge is 2.17.